The molecule has 0 unspecified atom stereocenters. The van der Waals surface area contributed by atoms with E-state index in [9.17, 15) is 25.9 Å². The molecule has 2 heterocycles. The van der Waals surface area contributed by atoms with Crippen molar-refractivity contribution >= 4 is 43.1 Å². The van der Waals surface area contributed by atoms with Crippen molar-refractivity contribution in [2.24, 2.45) is 0 Å². The Kier molecular flexibility index (Phi) is 6.49. The van der Waals surface area contributed by atoms with E-state index in [1.807, 2.05) is 26.8 Å². The van der Waals surface area contributed by atoms with E-state index in [1.54, 1.807) is 42.5 Å². The number of aryl methyl sites for hydroxylation is 2. The summed E-state index contributed by atoms with van der Waals surface area (Å²) in [6.07, 6.45) is 3.58. The van der Waals surface area contributed by atoms with Crippen molar-refractivity contribution in [1.29, 1.82) is 0 Å². The second kappa shape index (κ2) is 9.11. The zero-order chi connectivity index (χ0) is 25.5. The summed E-state index contributed by atoms with van der Waals surface area (Å²) in [4.78, 5) is 1.33. The summed E-state index contributed by atoms with van der Waals surface area (Å²) < 4.78 is 80.6. The number of nitrogens with zero attached hydrogens (tertiary/aromatic N) is 2. The number of hydrogen-bond acceptors (Lipinski definition) is 8. The number of oxazole rings is 1. The molecule has 186 valence electrons. The predicted octanol–water partition coefficient (Wildman–Crippen LogP) is 3.22. The van der Waals surface area contributed by atoms with E-state index < -0.39 is 32.0 Å². The molecule has 4 rings (SSSR count). The molecule has 1 aliphatic rings. The maximum absolute atomic E-state index is 11.7. The molecule has 0 saturated carbocycles. The first-order valence-electron chi connectivity index (χ1n) is 10.6. The van der Waals surface area contributed by atoms with Gasteiger partial charge in [-0.1, -0.05) is 19.1 Å². The molecule has 0 amide bonds. The number of fused-ring (bicyclic) bond motifs is 2. The van der Waals surface area contributed by atoms with E-state index in [1.165, 1.54) is 9.47 Å². The van der Waals surface area contributed by atoms with Crippen molar-refractivity contribution in [2.75, 3.05) is 10.8 Å². The van der Waals surface area contributed by atoms with Gasteiger partial charge in [0.25, 0.3) is 15.6 Å². The molecule has 2 aromatic carbocycles. The van der Waals surface area contributed by atoms with Crippen LogP contribution in [0.3, 0.4) is 0 Å². The fourth-order valence-electron chi connectivity index (χ4n) is 3.79. The van der Waals surface area contributed by atoms with Gasteiger partial charge in [0.1, 0.15) is 0 Å². The average molecular weight is 521 g/mol. The number of rotatable bonds is 7. The van der Waals surface area contributed by atoms with E-state index in [0.717, 1.165) is 11.1 Å². The van der Waals surface area contributed by atoms with Crippen LogP contribution in [0.15, 0.2) is 58.3 Å². The van der Waals surface area contributed by atoms with Crippen molar-refractivity contribution in [1.82, 2.24) is 0 Å². The molecule has 35 heavy (non-hydrogen) atoms. The topological polar surface area (TPSA) is 141 Å². The Hall–Kier alpha value is -3.19. The molecule has 10 nitrogen and oxygen atoms in total. The van der Waals surface area contributed by atoms with Crippen molar-refractivity contribution in [2.45, 2.75) is 33.1 Å². The number of ether oxygens (including phenoxy) is 1. The van der Waals surface area contributed by atoms with Crippen LogP contribution in [0.1, 0.15) is 30.4 Å². The van der Waals surface area contributed by atoms with Gasteiger partial charge in [-0.2, -0.15) is 8.42 Å². The Bertz CT molecular complexity index is 1580. The van der Waals surface area contributed by atoms with Crippen LogP contribution in [0, 0.1) is 13.8 Å². The predicted molar refractivity (Wildman–Crippen MR) is 128 cm³/mol. The van der Waals surface area contributed by atoms with Gasteiger partial charge in [0.05, 0.1) is 11.8 Å². The zero-order valence-electron chi connectivity index (χ0n) is 19.3. The van der Waals surface area contributed by atoms with Crippen LogP contribution in [0.2, 0.25) is 0 Å². The van der Waals surface area contributed by atoms with E-state index in [2.05, 4.69) is 0 Å². The molecule has 0 aliphatic carbocycles. The Morgan fingerprint density at radius 1 is 1.11 bits per heavy atom. The van der Waals surface area contributed by atoms with Gasteiger partial charge in [-0.15, -0.1) is 4.57 Å². The van der Waals surface area contributed by atoms with Gasteiger partial charge < -0.3 is 13.7 Å². The smallest absolute Gasteiger partial charge is 0.375 e. The van der Waals surface area contributed by atoms with E-state index in [0.29, 0.717) is 34.5 Å². The summed E-state index contributed by atoms with van der Waals surface area (Å²) in [5, 5.41) is 0. The molecule has 0 spiro atoms. The summed E-state index contributed by atoms with van der Waals surface area (Å²) >= 11 is 0. The van der Waals surface area contributed by atoms with Gasteiger partial charge in [0.15, 0.2) is 21.7 Å². The van der Waals surface area contributed by atoms with Gasteiger partial charge >= 0.3 is 5.89 Å². The highest BCUT2D eigenvalue weighted by atomic mass is 32.2. The molecule has 0 fully saturated rings. The minimum absolute atomic E-state index is 0.131. The molecule has 1 N–H and O–H groups in total. The third kappa shape index (κ3) is 5.73. The summed E-state index contributed by atoms with van der Waals surface area (Å²) in [6.45, 7) is 5.52. The lowest BCUT2D eigenvalue weighted by atomic mass is 10.2. The van der Waals surface area contributed by atoms with Crippen LogP contribution in [-0.4, -0.2) is 31.8 Å². The van der Waals surface area contributed by atoms with Crippen molar-refractivity contribution in [3.63, 3.8) is 0 Å². The first-order chi connectivity index (χ1) is 16.3. The SMILES string of the molecule is CCC(=C\c1oc2ccc(C)cc2[n+]1CS(=O)(=O)[O-])/C=C1/Oc2ccc(C)cc2N1CS(=O)(=O)O. The molecule has 1 aromatic heterocycles. The lowest BCUT2D eigenvalue weighted by molar-refractivity contribution is -0.658. The van der Waals surface area contributed by atoms with Crippen LogP contribution in [-0.2, 0) is 26.1 Å². The Balaban J connectivity index is 1.83. The minimum Gasteiger partial charge on any atom is -0.743 e. The Labute approximate surface area is 203 Å². The number of aromatic nitrogens is 1. The fraction of sp³-hybridized carbons (Fsp3) is 0.261. The van der Waals surface area contributed by atoms with Gasteiger partial charge in [-0.25, -0.2) is 8.42 Å². The van der Waals surface area contributed by atoms with Gasteiger partial charge in [0.2, 0.25) is 17.3 Å². The van der Waals surface area contributed by atoms with Crippen LogP contribution in [0.4, 0.5) is 5.69 Å². The number of allylic oxidation sites excluding steroid dienone is 2. The van der Waals surface area contributed by atoms with Crippen LogP contribution in [0.25, 0.3) is 17.2 Å². The lowest BCUT2D eigenvalue weighted by Crippen LogP contribution is -2.39. The number of hydrogen-bond donors (Lipinski definition) is 1. The summed E-state index contributed by atoms with van der Waals surface area (Å²) in [7, 11) is -9.01. The molecule has 1 aliphatic heterocycles. The Morgan fingerprint density at radius 3 is 2.46 bits per heavy atom. The molecule has 3 aromatic rings. The zero-order valence-corrected chi connectivity index (χ0v) is 20.9. The largest absolute Gasteiger partial charge is 0.743 e. The van der Waals surface area contributed by atoms with E-state index in [4.69, 9.17) is 9.15 Å². The summed E-state index contributed by atoms with van der Waals surface area (Å²) in [5.74, 6) is -0.825. The summed E-state index contributed by atoms with van der Waals surface area (Å²) in [5.41, 5.74) is 3.66. The third-order valence-corrected chi connectivity index (χ3v) is 6.54. The first-order valence-corrected chi connectivity index (χ1v) is 13.8. The van der Waals surface area contributed by atoms with Gasteiger partial charge in [-0.05, 0) is 55.2 Å². The Morgan fingerprint density at radius 2 is 1.80 bits per heavy atom. The molecular weight excluding hydrogens is 496 g/mol. The third-order valence-electron chi connectivity index (χ3n) is 5.38. The quantitative estimate of drug-likeness (QED) is 0.367. The van der Waals surface area contributed by atoms with Crippen LogP contribution >= 0.6 is 0 Å². The highest BCUT2D eigenvalue weighted by molar-refractivity contribution is 7.85. The average Bonchev–Trinajstić information content (AvgIpc) is 3.23. The first kappa shape index (κ1) is 24.9. The molecule has 0 bridgehead atoms. The van der Waals surface area contributed by atoms with Crippen LogP contribution < -0.4 is 14.2 Å². The van der Waals surface area contributed by atoms with Crippen LogP contribution in [0.5, 0.6) is 5.75 Å². The lowest BCUT2D eigenvalue weighted by Gasteiger charge is -2.17. The molecule has 0 atom stereocenters. The standard InChI is InChI=1S/C23H24N2O8S2/c1-4-17(11-22-24(13-34(26,27)28)18-9-15(2)5-7-20(18)32-22)12-23-25(14-35(29,30)31)19-10-16(3)6-8-21(19)33-23/h5-12H,4,13-14H2,1-3H3,(H-,26,27,28,29,30,31). The normalized spacial score (nSPS) is 15.6. The fourth-order valence-corrected chi connectivity index (χ4v) is 4.96. The van der Waals surface area contributed by atoms with Gasteiger partial charge in [-0.3, -0.25) is 9.45 Å². The molecule has 0 saturated heterocycles. The molecule has 0 radical (unpaired) electrons. The second-order valence-corrected chi connectivity index (χ2v) is 11.1. The minimum atomic E-state index is -4.63. The van der Waals surface area contributed by atoms with Crippen molar-refractivity contribution < 1.29 is 39.7 Å². The number of anilines is 1. The van der Waals surface area contributed by atoms with Crippen molar-refractivity contribution in [3.05, 3.63) is 70.9 Å². The maximum Gasteiger partial charge on any atom is 0.375 e. The van der Waals surface area contributed by atoms with E-state index >= 15 is 0 Å². The second-order valence-electron chi connectivity index (χ2n) is 8.29. The molecule has 12 heteroatoms. The van der Waals surface area contributed by atoms with Gasteiger partial charge in [0, 0.05) is 12.1 Å². The number of benzene rings is 2. The monoisotopic (exact) mass is 520 g/mol. The highest BCUT2D eigenvalue weighted by Crippen LogP contribution is 2.40. The van der Waals surface area contributed by atoms with Crippen molar-refractivity contribution in [3.8, 4) is 5.75 Å². The highest BCUT2D eigenvalue weighted by Gasteiger charge is 2.30. The molecular formula is C23H24N2O8S2. The van der Waals surface area contributed by atoms with E-state index in [-0.39, 0.29) is 11.8 Å². The maximum atomic E-state index is 11.7. The summed E-state index contributed by atoms with van der Waals surface area (Å²) in [6, 6.07) is 10.5.